The number of nitrogens with one attached hydrogen (secondary N) is 1. The first kappa shape index (κ1) is 13.2. The van der Waals surface area contributed by atoms with Crippen molar-refractivity contribution in [1.29, 1.82) is 0 Å². The van der Waals surface area contributed by atoms with Gasteiger partial charge in [0.1, 0.15) is 6.54 Å². The van der Waals surface area contributed by atoms with E-state index in [9.17, 15) is 4.79 Å². The number of halogens is 1. The van der Waals surface area contributed by atoms with Crippen LogP contribution in [0.5, 0.6) is 0 Å². The van der Waals surface area contributed by atoms with Crippen LogP contribution in [0, 0.1) is 0 Å². The van der Waals surface area contributed by atoms with Gasteiger partial charge in [-0.2, -0.15) is 0 Å². The second-order valence-corrected chi connectivity index (χ2v) is 3.07. The van der Waals surface area contributed by atoms with Gasteiger partial charge in [-0.3, -0.25) is 9.79 Å². The summed E-state index contributed by atoms with van der Waals surface area (Å²) in [5.74, 6) is 0.704. The van der Waals surface area contributed by atoms with Crippen molar-refractivity contribution in [3.8, 4) is 0 Å². The fourth-order valence-electron chi connectivity index (χ4n) is 1.26. The van der Waals surface area contributed by atoms with E-state index in [0.717, 1.165) is 31.6 Å². The van der Waals surface area contributed by atoms with Crippen LogP contribution in [0.25, 0.3) is 0 Å². The Morgan fingerprint density at radius 2 is 2.29 bits per heavy atom. The number of esters is 1. The maximum atomic E-state index is 10.8. The second kappa shape index (κ2) is 7.62. The highest BCUT2D eigenvalue weighted by molar-refractivity contribution is 5.86. The zero-order chi connectivity index (χ0) is 9.52. The third-order valence-corrected chi connectivity index (χ3v) is 2.04. The normalized spacial score (nSPS) is 15.9. The molecular weight excluding hydrogens is 204 g/mol. The zero-order valence-corrected chi connectivity index (χ0v) is 9.23. The molecule has 0 aliphatic carbocycles. The number of amidine groups is 1. The summed E-state index contributed by atoms with van der Waals surface area (Å²) in [5, 5.41) is 2.99. The monoisotopic (exact) mass is 220 g/mol. The molecule has 0 aromatic rings. The molecule has 0 unspecified atom stereocenters. The maximum Gasteiger partial charge on any atom is 0.325 e. The van der Waals surface area contributed by atoms with E-state index in [2.05, 4.69) is 15.0 Å². The summed E-state index contributed by atoms with van der Waals surface area (Å²) in [6.07, 6.45) is 4.50. The molecule has 1 heterocycles. The molecule has 0 aromatic carbocycles. The van der Waals surface area contributed by atoms with Crippen LogP contribution in [0.15, 0.2) is 4.99 Å². The molecule has 5 heteroatoms. The molecule has 0 atom stereocenters. The van der Waals surface area contributed by atoms with Gasteiger partial charge in [-0.1, -0.05) is 6.42 Å². The summed E-state index contributed by atoms with van der Waals surface area (Å²) < 4.78 is 4.52. The van der Waals surface area contributed by atoms with Crippen molar-refractivity contribution in [3.63, 3.8) is 0 Å². The standard InChI is InChI=1S/C9H16N2O2.ClH/c1-13-9(12)7-11-8-5-3-2-4-6-10-8;/h2-7H2,1H3,(H,10,11);1H. The Morgan fingerprint density at radius 1 is 1.50 bits per heavy atom. The lowest BCUT2D eigenvalue weighted by Crippen LogP contribution is -2.30. The average Bonchev–Trinajstić information content (AvgIpc) is 2.42. The summed E-state index contributed by atoms with van der Waals surface area (Å²) >= 11 is 0. The van der Waals surface area contributed by atoms with E-state index in [1.165, 1.54) is 13.5 Å². The minimum absolute atomic E-state index is 0. The largest absolute Gasteiger partial charge is 0.468 e. The zero-order valence-electron chi connectivity index (χ0n) is 8.41. The van der Waals surface area contributed by atoms with Crippen molar-refractivity contribution in [2.75, 3.05) is 20.2 Å². The first-order chi connectivity index (χ1) is 6.33. The number of carbonyl (C=O) groups excluding carboxylic acids is 1. The predicted molar refractivity (Wildman–Crippen MR) is 58.0 cm³/mol. The Balaban J connectivity index is 0.00000169. The smallest absolute Gasteiger partial charge is 0.325 e. The van der Waals surface area contributed by atoms with E-state index in [1.54, 1.807) is 0 Å². The van der Waals surface area contributed by atoms with Gasteiger partial charge in [0.2, 0.25) is 0 Å². The molecule has 1 rings (SSSR count). The van der Waals surface area contributed by atoms with E-state index in [-0.39, 0.29) is 24.9 Å². The van der Waals surface area contributed by atoms with Crippen LogP contribution in [0.3, 0.4) is 0 Å². The molecule has 0 bridgehead atoms. The van der Waals surface area contributed by atoms with Gasteiger partial charge in [0, 0.05) is 13.0 Å². The molecule has 1 aliphatic rings. The molecular formula is C9H17ClN2O2. The van der Waals surface area contributed by atoms with Gasteiger partial charge in [0.25, 0.3) is 0 Å². The first-order valence-electron chi connectivity index (χ1n) is 4.67. The Kier molecular flexibility index (Phi) is 7.20. The van der Waals surface area contributed by atoms with Gasteiger partial charge >= 0.3 is 5.97 Å². The third-order valence-electron chi connectivity index (χ3n) is 2.04. The number of methoxy groups -OCH3 is 1. The van der Waals surface area contributed by atoms with Crippen LogP contribution in [0.2, 0.25) is 0 Å². The van der Waals surface area contributed by atoms with Gasteiger partial charge in [-0.25, -0.2) is 0 Å². The van der Waals surface area contributed by atoms with Crippen molar-refractivity contribution in [3.05, 3.63) is 0 Å². The molecule has 82 valence electrons. The van der Waals surface area contributed by atoms with Gasteiger partial charge in [-0.05, 0) is 12.8 Å². The summed E-state index contributed by atoms with van der Waals surface area (Å²) in [6.45, 7) is 1.11. The van der Waals surface area contributed by atoms with E-state index < -0.39 is 0 Å². The molecule has 0 aromatic heterocycles. The predicted octanol–water partition coefficient (Wildman–Crippen LogP) is 1.14. The number of aliphatic imine (C=N–C) groups is 1. The topological polar surface area (TPSA) is 50.7 Å². The van der Waals surface area contributed by atoms with Crippen molar-refractivity contribution in [2.45, 2.75) is 25.7 Å². The minimum Gasteiger partial charge on any atom is -0.468 e. The Labute approximate surface area is 90.5 Å². The molecule has 4 nitrogen and oxygen atoms in total. The van der Waals surface area contributed by atoms with E-state index in [1.807, 2.05) is 0 Å². The average molecular weight is 221 g/mol. The third kappa shape index (κ3) is 5.07. The van der Waals surface area contributed by atoms with Crippen LogP contribution in [0.1, 0.15) is 25.7 Å². The molecule has 1 aliphatic heterocycles. The van der Waals surface area contributed by atoms with Gasteiger partial charge in [0.15, 0.2) is 0 Å². The molecule has 0 amide bonds. The number of ether oxygens (including phenoxy) is 1. The van der Waals surface area contributed by atoms with Crippen LogP contribution >= 0.6 is 12.4 Å². The fourth-order valence-corrected chi connectivity index (χ4v) is 1.26. The SMILES string of the molecule is COC(=O)CNC1=NCCCCC1.Cl. The first-order valence-corrected chi connectivity index (χ1v) is 4.67. The molecule has 0 fully saturated rings. The lowest BCUT2D eigenvalue weighted by atomic mass is 10.2. The minimum atomic E-state index is -0.244. The molecule has 0 saturated carbocycles. The summed E-state index contributed by atoms with van der Waals surface area (Å²) in [4.78, 5) is 15.1. The number of hydrogen-bond donors (Lipinski definition) is 1. The van der Waals surface area contributed by atoms with Crippen molar-refractivity contribution in [2.24, 2.45) is 4.99 Å². The molecule has 14 heavy (non-hydrogen) atoms. The summed E-state index contributed by atoms with van der Waals surface area (Å²) in [5.41, 5.74) is 0. The van der Waals surface area contributed by atoms with Crippen LogP contribution in [-0.4, -0.2) is 32.0 Å². The highest BCUT2D eigenvalue weighted by atomic mass is 35.5. The van der Waals surface area contributed by atoms with Gasteiger partial charge < -0.3 is 10.1 Å². The van der Waals surface area contributed by atoms with E-state index in [4.69, 9.17) is 0 Å². The molecule has 0 saturated heterocycles. The van der Waals surface area contributed by atoms with Crippen molar-refractivity contribution < 1.29 is 9.53 Å². The van der Waals surface area contributed by atoms with Crippen molar-refractivity contribution >= 4 is 24.2 Å². The Hall–Kier alpha value is -0.770. The fraction of sp³-hybridized carbons (Fsp3) is 0.778. The lowest BCUT2D eigenvalue weighted by molar-refractivity contribution is -0.139. The number of carbonyl (C=O) groups is 1. The van der Waals surface area contributed by atoms with Crippen LogP contribution in [0.4, 0.5) is 0 Å². The second-order valence-electron chi connectivity index (χ2n) is 3.07. The lowest BCUT2D eigenvalue weighted by Gasteiger charge is -2.05. The Morgan fingerprint density at radius 3 is 3.00 bits per heavy atom. The highest BCUT2D eigenvalue weighted by Gasteiger charge is 2.05. The highest BCUT2D eigenvalue weighted by Crippen LogP contribution is 2.05. The Bertz CT molecular complexity index is 207. The molecule has 1 N–H and O–H groups in total. The summed E-state index contributed by atoms with van der Waals surface area (Å²) in [6, 6.07) is 0. The maximum absolute atomic E-state index is 10.8. The molecule has 0 radical (unpaired) electrons. The van der Waals surface area contributed by atoms with Gasteiger partial charge in [0.05, 0.1) is 12.9 Å². The number of hydrogen-bond acceptors (Lipinski definition) is 4. The van der Waals surface area contributed by atoms with Crippen LogP contribution in [-0.2, 0) is 9.53 Å². The quantitative estimate of drug-likeness (QED) is 0.711. The van der Waals surface area contributed by atoms with Crippen molar-refractivity contribution in [1.82, 2.24) is 5.32 Å². The molecule has 0 spiro atoms. The van der Waals surface area contributed by atoms with E-state index >= 15 is 0 Å². The number of nitrogens with zero attached hydrogens (tertiary/aromatic N) is 1. The van der Waals surface area contributed by atoms with Gasteiger partial charge in [-0.15, -0.1) is 12.4 Å². The summed E-state index contributed by atoms with van der Waals surface area (Å²) in [7, 11) is 1.39. The van der Waals surface area contributed by atoms with Crippen LogP contribution < -0.4 is 5.32 Å². The van der Waals surface area contributed by atoms with E-state index in [0.29, 0.717) is 0 Å². The number of rotatable bonds is 2.